The number of amides is 4. The Kier molecular flexibility index (Phi) is 12.3. The fourth-order valence-corrected chi connectivity index (χ4v) is 2.67. The van der Waals surface area contributed by atoms with Crippen LogP contribution in [0, 0.1) is 0 Å². The summed E-state index contributed by atoms with van der Waals surface area (Å²) in [5.74, 6) is -1.96. The van der Waals surface area contributed by atoms with Crippen LogP contribution in [0.15, 0.2) is 0 Å². The van der Waals surface area contributed by atoms with Crippen LogP contribution in [0.25, 0.3) is 0 Å². The molecule has 0 aliphatic carbocycles. The number of nitrogens with zero attached hydrogens (tertiary/aromatic N) is 1. The lowest BCUT2D eigenvalue weighted by molar-refractivity contribution is -0.152. The van der Waals surface area contributed by atoms with Gasteiger partial charge in [0.1, 0.15) is 6.04 Å². The standard InChI is InChI=1S/C14H24N4O6S2/c1-9(19)16-7-18(11(5-25)14(23)24-3)13(22)4-15-12(21)6-26-8-17-10(2)20/h11,25H,4-8H2,1-3H3,(H,15,21)(H,16,19)(H,17,20). The number of hydrogen-bond acceptors (Lipinski definition) is 8. The summed E-state index contributed by atoms with van der Waals surface area (Å²) in [7, 11) is 1.17. The zero-order valence-corrected chi connectivity index (χ0v) is 16.6. The number of thioether (sulfide) groups is 1. The zero-order chi connectivity index (χ0) is 20.1. The van der Waals surface area contributed by atoms with Crippen LogP contribution in [0.4, 0.5) is 0 Å². The van der Waals surface area contributed by atoms with Crippen LogP contribution in [-0.2, 0) is 28.7 Å². The van der Waals surface area contributed by atoms with Gasteiger partial charge < -0.3 is 25.6 Å². The fourth-order valence-electron chi connectivity index (χ4n) is 1.63. The van der Waals surface area contributed by atoms with E-state index in [4.69, 9.17) is 0 Å². The average molecular weight is 409 g/mol. The largest absolute Gasteiger partial charge is 0.467 e. The molecule has 0 aliphatic heterocycles. The second-order valence-electron chi connectivity index (χ2n) is 4.98. The van der Waals surface area contributed by atoms with Crippen molar-refractivity contribution in [1.82, 2.24) is 20.9 Å². The van der Waals surface area contributed by atoms with Crippen molar-refractivity contribution in [2.45, 2.75) is 19.9 Å². The molecule has 0 heterocycles. The van der Waals surface area contributed by atoms with Crippen LogP contribution in [-0.4, -0.2) is 78.2 Å². The third-order valence-electron chi connectivity index (χ3n) is 2.93. The van der Waals surface area contributed by atoms with E-state index in [1.807, 2.05) is 0 Å². The van der Waals surface area contributed by atoms with Gasteiger partial charge >= 0.3 is 5.97 Å². The molecule has 0 spiro atoms. The van der Waals surface area contributed by atoms with Gasteiger partial charge in [-0.1, -0.05) is 0 Å². The molecule has 0 aromatic carbocycles. The summed E-state index contributed by atoms with van der Waals surface area (Å²) in [5, 5.41) is 7.37. The highest BCUT2D eigenvalue weighted by Crippen LogP contribution is 2.04. The van der Waals surface area contributed by atoms with Crippen molar-refractivity contribution in [3.05, 3.63) is 0 Å². The summed E-state index contributed by atoms with van der Waals surface area (Å²) in [6.45, 7) is 2.05. The Bertz CT molecular complexity index is 532. The predicted octanol–water partition coefficient (Wildman–Crippen LogP) is -1.68. The van der Waals surface area contributed by atoms with Crippen LogP contribution >= 0.6 is 24.4 Å². The summed E-state index contributed by atoms with van der Waals surface area (Å²) < 4.78 is 4.63. The summed E-state index contributed by atoms with van der Waals surface area (Å²) in [6.07, 6.45) is 0. The number of methoxy groups -OCH3 is 1. The van der Waals surface area contributed by atoms with E-state index in [1.54, 1.807) is 0 Å². The van der Waals surface area contributed by atoms with Gasteiger partial charge in [-0.15, -0.1) is 11.8 Å². The molecule has 0 saturated carbocycles. The van der Waals surface area contributed by atoms with Crippen molar-refractivity contribution in [2.75, 3.05) is 37.7 Å². The Morgan fingerprint density at radius 3 is 2.19 bits per heavy atom. The molecule has 0 saturated heterocycles. The van der Waals surface area contributed by atoms with Gasteiger partial charge in [-0.05, 0) is 0 Å². The highest BCUT2D eigenvalue weighted by molar-refractivity contribution is 7.99. The van der Waals surface area contributed by atoms with Crippen molar-refractivity contribution in [3.8, 4) is 0 Å². The molecule has 0 rings (SSSR count). The van der Waals surface area contributed by atoms with E-state index in [9.17, 15) is 24.0 Å². The van der Waals surface area contributed by atoms with E-state index >= 15 is 0 Å². The van der Waals surface area contributed by atoms with Crippen molar-refractivity contribution < 1.29 is 28.7 Å². The Morgan fingerprint density at radius 2 is 1.69 bits per heavy atom. The maximum absolute atomic E-state index is 12.4. The molecule has 4 amide bonds. The second kappa shape index (κ2) is 13.3. The van der Waals surface area contributed by atoms with Gasteiger partial charge in [0.25, 0.3) is 0 Å². The monoisotopic (exact) mass is 408 g/mol. The molecule has 0 fully saturated rings. The molecule has 26 heavy (non-hydrogen) atoms. The van der Waals surface area contributed by atoms with Crippen molar-refractivity contribution in [3.63, 3.8) is 0 Å². The maximum atomic E-state index is 12.4. The smallest absolute Gasteiger partial charge is 0.329 e. The van der Waals surface area contributed by atoms with E-state index in [-0.39, 0.29) is 42.4 Å². The van der Waals surface area contributed by atoms with E-state index in [0.29, 0.717) is 0 Å². The number of carbonyl (C=O) groups is 5. The number of thiol groups is 1. The number of ether oxygens (including phenoxy) is 1. The van der Waals surface area contributed by atoms with E-state index < -0.39 is 23.8 Å². The van der Waals surface area contributed by atoms with Gasteiger partial charge in [-0.2, -0.15) is 12.6 Å². The highest BCUT2D eigenvalue weighted by Gasteiger charge is 2.29. The summed E-state index contributed by atoms with van der Waals surface area (Å²) in [4.78, 5) is 58.8. The number of rotatable bonds is 11. The van der Waals surface area contributed by atoms with Crippen LogP contribution in [0.1, 0.15) is 13.8 Å². The first-order valence-electron chi connectivity index (χ1n) is 7.54. The lowest BCUT2D eigenvalue weighted by Crippen LogP contribution is -2.54. The highest BCUT2D eigenvalue weighted by atomic mass is 32.2. The third-order valence-corrected chi connectivity index (χ3v) is 4.09. The summed E-state index contributed by atoms with van der Waals surface area (Å²) in [6, 6.07) is -1.01. The van der Waals surface area contributed by atoms with Gasteiger partial charge in [-0.3, -0.25) is 19.2 Å². The number of hydrogen-bond donors (Lipinski definition) is 4. The average Bonchev–Trinajstić information content (AvgIpc) is 2.59. The lowest BCUT2D eigenvalue weighted by atomic mass is 10.3. The van der Waals surface area contributed by atoms with E-state index in [1.165, 1.54) is 32.7 Å². The Balaban J connectivity index is 4.65. The molecule has 0 aromatic heterocycles. The molecular weight excluding hydrogens is 384 g/mol. The Hall–Kier alpha value is -1.95. The number of carbonyl (C=O) groups excluding carboxylic acids is 5. The van der Waals surface area contributed by atoms with Crippen molar-refractivity contribution in [1.29, 1.82) is 0 Å². The lowest BCUT2D eigenvalue weighted by Gasteiger charge is -2.29. The molecule has 0 aliphatic rings. The van der Waals surface area contributed by atoms with Crippen molar-refractivity contribution in [2.24, 2.45) is 0 Å². The Morgan fingerprint density at radius 1 is 1.08 bits per heavy atom. The molecule has 0 aromatic rings. The van der Waals surface area contributed by atoms with Gasteiger partial charge in [0, 0.05) is 19.6 Å². The van der Waals surface area contributed by atoms with Crippen molar-refractivity contribution >= 4 is 54.0 Å². The first-order chi connectivity index (χ1) is 12.2. The van der Waals surface area contributed by atoms with E-state index in [0.717, 1.165) is 4.90 Å². The number of nitrogens with one attached hydrogen (secondary N) is 3. The minimum atomic E-state index is -1.01. The molecule has 0 bridgehead atoms. The SMILES string of the molecule is COC(=O)C(CS)N(CNC(C)=O)C(=O)CNC(=O)CSCNC(C)=O. The van der Waals surface area contributed by atoms with Crippen LogP contribution in [0.2, 0.25) is 0 Å². The third kappa shape index (κ3) is 10.1. The molecule has 1 atom stereocenters. The van der Waals surface area contributed by atoms with Gasteiger partial charge in [0.15, 0.2) is 0 Å². The molecule has 0 radical (unpaired) electrons. The van der Waals surface area contributed by atoms with Gasteiger partial charge in [0.05, 0.1) is 32.0 Å². The first-order valence-corrected chi connectivity index (χ1v) is 9.33. The molecular formula is C14H24N4O6S2. The number of esters is 1. The van der Waals surface area contributed by atoms with Crippen LogP contribution in [0.5, 0.6) is 0 Å². The first kappa shape index (κ1) is 24.1. The minimum Gasteiger partial charge on any atom is -0.467 e. The predicted molar refractivity (Wildman–Crippen MR) is 99.3 cm³/mol. The maximum Gasteiger partial charge on any atom is 0.329 e. The zero-order valence-electron chi connectivity index (χ0n) is 14.9. The van der Waals surface area contributed by atoms with E-state index in [2.05, 4.69) is 33.3 Å². The fraction of sp³-hybridized carbons (Fsp3) is 0.643. The van der Waals surface area contributed by atoms with Crippen LogP contribution < -0.4 is 16.0 Å². The van der Waals surface area contributed by atoms with Crippen LogP contribution in [0.3, 0.4) is 0 Å². The molecule has 148 valence electrons. The minimum absolute atomic E-state index is 0.0154. The molecule has 3 N–H and O–H groups in total. The summed E-state index contributed by atoms with van der Waals surface area (Å²) in [5.41, 5.74) is 0. The molecule has 1 unspecified atom stereocenters. The molecule has 10 nitrogen and oxygen atoms in total. The van der Waals surface area contributed by atoms with Gasteiger partial charge in [0.2, 0.25) is 23.6 Å². The topological polar surface area (TPSA) is 134 Å². The molecule has 12 heteroatoms. The summed E-state index contributed by atoms with van der Waals surface area (Å²) >= 11 is 5.21. The second-order valence-corrected chi connectivity index (χ2v) is 6.33. The Labute approximate surface area is 161 Å². The quantitative estimate of drug-likeness (QED) is 0.139. The normalized spacial score (nSPS) is 11.1. The van der Waals surface area contributed by atoms with Gasteiger partial charge in [-0.25, -0.2) is 4.79 Å².